The van der Waals surface area contributed by atoms with E-state index in [1.165, 1.54) is 12.1 Å². The Balaban J connectivity index is 2.16. The van der Waals surface area contributed by atoms with E-state index < -0.39 is 11.6 Å². The highest BCUT2D eigenvalue weighted by Gasteiger charge is 2.14. The number of hydrogen-bond donors (Lipinski definition) is 1. The molecule has 0 saturated heterocycles. The Morgan fingerprint density at radius 3 is 2.61 bits per heavy atom. The van der Waals surface area contributed by atoms with Crippen molar-refractivity contribution in [2.45, 2.75) is 13.0 Å². The van der Waals surface area contributed by atoms with Crippen LogP contribution in [-0.2, 0) is 13.0 Å². The van der Waals surface area contributed by atoms with Crippen molar-refractivity contribution in [3.05, 3.63) is 59.1 Å². The zero-order valence-electron chi connectivity index (χ0n) is 9.45. The van der Waals surface area contributed by atoms with Gasteiger partial charge >= 0.3 is 0 Å². The van der Waals surface area contributed by atoms with Crippen LogP contribution in [0.3, 0.4) is 0 Å². The van der Waals surface area contributed by atoms with Crippen LogP contribution in [0.2, 0.25) is 0 Å². The summed E-state index contributed by atoms with van der Waals surface area (Å²) in [5, 5.41) is 0. The SMILES string of the molecule is NCc1ccc(C(=O)Cc2ccc(F)cc2F)o1. The third-order valence-corrected chi connectivity index (χ3v) is 2.50. The van der Waals surface area contributed by atoms with Gasteiger partial charge in [0.1, 0.15) is 17.4 Å². The van der Waals surface area contributed by atoms with Crippen LogP contribution in [-0.4, -0.2) is 5.78 Å². The molecule has 0 saturated carbocycles. The lowest BCUT2D eigenvalue weighted by Crippen LogP contribution is -2.04. The molecule has 0 spiro atoms. The Hall–Kier alpha value is -2.01. The molecular weight excluding hydrogens is 240 g/mol. The topological polar surface area (TPSA) is 56.2 Å². The first-order chi connectivity index (χ1) is 8.60. The number of rotatable bonds is 4. The van der Waals surface area contributed by atoms with Gasteiger partial charge in [0.25, 0.3) is 0 Å². The molecule has 0 fully saturated rings. The predicted molar refractivity (Wildman–Crippen MR) is 61.0 cm³/mol. The second-order valence-electron chi connectivity index (χ2n) is 3.81. The molecule has 0 aliphatic carbocycles. The maximum Gasteiger partial charge on any atom is 0.202 e. The van der Waals surface area contributed by atoms with E-state index in [4.69, 9.17) is 10.2 Å². The zero-order valence-corrected chi connectivity index (χ0v) is 9.45. The highest BCUT2D eigenvalue weighted by molar-refractivity contribution is 5.95. The van der Waals surface area contributed by atoms with Gasteiger partial charge in [0.05, 0.1) is 6.54 Å². The van der Waals surface area contributed by atoms with E-state index in [9.17, 15) is 13.6 Å². The molecule has 1 heterocycles. The van der Waals surface area contributed by atoms with E-state index in [0.717, 1.165) is 12.1 Å². The Labute approximate surface area is 102 Å². The normalized spacial score (nSPS) is 10.6. The van der Waals surface area contributed by atoms with Crippen LogP contribution in [0.5, 0.6) is 0 Å². The molecule has 0 radical (unpaired) electrons. The summed E-state index contributed by atoms with van der Waals surface area (Å²) >= 11 is 0. The van der Waals surface area contributed by atoms with E-state index in [1.54, 1.807) is 6.07 Å². The third kappa shape index (κ3) is 2.62. The molecule has 0 atom stereocenters. The Bertz CT molecular complexity index is 578. The van der Waals surface area contributed by atoms with Gasteiger partial charge in [-0.25, -0.2) is 8.78 Å². The van der Waals surface area contributed by atoms with Crippen molar-refractivity contribution < 1.29 is 18.0 Å². The summed E-state index contributed by atoms with van der Waals surface area (Å²) in [5.74, 6) is -1.18. The molecule has 0 bridgehead atoms. The number of ketones is 1. The number of nitrogens with two attached hydrogens (primary N) is 1. The van der Waals surface area contributed by atoms with Crippen molar-refractivity contribution in [1.82, 2.24) is 0 Å². The van der Waals surface area contributed by atoms with Crippen molar-refractivity contribution in [3.63, 3.8) is 0 Å². The number of furan rings is 1. The molecular formula is C13H11F2NO2. The maximum absolute atomic E-state index is 13.4. The van der Waals surface area contributed by atoms with Gasteiger partial charge in [-0.15, -0.1) is 0 Å². The van der Waals surface area contributed by atoms with Crippen molar-refractivity contribution in [2.75, 3.05) is 0 Å². The number of Topliss-reactive ketones (excluding diaryl/α,β-unsaturated/α-hetero) is 1. The first kappa shape index (κ1) is 12.4. The van der Waals surface area contributed by atoms with Gasteiger partial charge in [-0.3, -0.25) is 4.79 Å². The van der Waals surface area contributed by atoms with Gasteiger partial charge in [0.15, 0.2) is 5.76 Å². The van der Waals surface area contributed by atoms with Gasteiger partial charge in [-0.1, -0.05) is 6.07 Å². The molecule has 5 heteroatoms. The van der Waals surface area contributed by atoms with Crippen molar-refractivity contribution >= 4 is 5.78 Å². The molecule has 1 aromatic heterocycles. The van der Waals surface area contributed by atoms with Crippen molar-refractivity contribution in [3.8, 4) is 0 Å². The number of carbonyl (C=O) groups excluding carboxylic acids is 1. The summed E-state index contributed by atoms with van der Waals surface area (Å²) in [6.45, 7) is 0.193. The minimum Gasteiger partial charge on any atom is -0.457 e. The fourth-order valence-corrected chi connectivity index (χ4v) is 1.56. The molecule has 0 amide bonds. The molecule has 0 unspecified atom stereocenters. The molecule has 2 rings (SSSR count). The van der Waals surface area contributed by atoms with Crippen LogP contribution < -0.4 is 5.73 Å². The Kier molecular flexibility index (Phi) is 3.53. The third-order valence-electron chi connectivity index (χ3n) is 2.50. The van der Waals surface area contributed by atoms with Crippen LogP contribution in [0.4, 0.5) is 8.78 Å². The average molecular weight is 251 g/mol. The van der Waals surface area contributed by atoms with Crippen LogP contribution >= 0.6 is 0 Å². The van der Waals surface area contributed by atoms with Crippen molar-refractivity contribution in [1.29, 1.82) is 0 Å². The highest BCUT2D eigenvalue weighted by Crippen LogP contribution is 2.14. The molecule has 94 valence electrons. The zero-order chi connectivity index (χ0) is 13.1. The summed E-state index contributed by atoms with van der Waals surface area (Å²) in [7, 11) is 0. The van der Waals surface area contributed by atoms with Crippen LogP contribution in [0, 0.1) is 11.6 Å². The first-order valence-corrected chi connectivity index (χ1v) is 5.36. The van der Waals surface area contributed by atoms with Gasteiger partial charge in [-0.2, -0.15) is 0 Å². The number of halogens is 2. The minimum atomic E-state index is -0.742. The predicted octanol–water partition coefficient (Wildman–Crippen LogP) is 2.44. The van der Waals surface area contributed by atoms with Gasteiger partial charge in [0.2, 0.25) is 5.78 Å². The standard InChI is InChI=1S/C13H11F2NO2/c14-9-2-1-8(11(15)6-9)5-12(17)13-4-3-10(7-16)18-13/h1-4,6H,5,7,16H2. The fraction of sp³-hybridized carbons (Fsp3) is 0.154. The molecule has 3 nitrogen and oxygen atoms in total. The Morgan fingerprint density at radius 2 is 2.00 bits per heavy atom. The highest BCUT2D eigenvalue weighted by atomic mass is 19.1. The summed E-state index contributed by atoms with van der Waals surface area (Å²) < 4.78 is 31.2. The average Bonchev–Trinajstić information content (AvgIpc) is 2.81. The molecule has 0 aliphatic rings. The smallest absolute Gasteiger partial charge is 0.202 e. The first-order valence-electron chi connectivity index (χ1n) is 5.36. The van der Waals surface area contributed by atoms with E-state index in [-0.39, 0.29) is 30.1 Å². The Morgan fingerprint density at radius 1 is 1.22 bits per heavy atom. The van der Waals surface area contributed by atoms with E-state index in [0.29, 0.717) is 5.76 Å². The number of benzene rings is 1. The van der Waals surface area contributed by atoms with E-state index in [2.05, 4.69) is 0 Å². The lowest BCUT2D eigenvalue weighted by molar-refractivity contribution is 0.0963. The number of hydrogen-bond acceptors (Lipinski definition) is 3. The quantitative estimate of drug-likeness (QED) is 0.849. The van der Waals surface area contributed by atoms with E-state index in [1.807, 2.05) is 0 Å². The summed E-state index contributed by atoms with van der Waals surface area (Å²) in [5.41, 5.74) is 5.48. The minimum absolute atomic E-state index is 0.124. The van der Waals surface area contributed by atoms with Crippen LogP contribution in [0.1, 0.15) is 21.9 Å². The van der Waals surface area contributed by atoms with E-state index >= 15 is 0 Å². The van der Waals surface area contributed by atoms with Gasteiger partial charge in [0, 0.05) is 12.5 Å². The van der Waals surface area contributed by atoms with Crippen LogP contribution in [0.25, 0.3) is 0 Å². The van der Waals surface area contributed by atoms with Crippen LogP contribution in [0.15, 0.2) is 34.7 Å². The molecule has 0 aliphatic heterocycles. The summed E-state index contributed by atoms with van der Waals surface area (Å²) in [6.07, 6.45) is -0.177. The lowest BCUT2D eigenvalue weighted by atomic mass is 10.1. The molecule has 2 aromatic rings. The second-order valence-corrected chi connectivity index (χ2v) is 3.81. The van der Waals surface area contributed by atoms with Gasteiger partial charge in [-0.05, 0) is 23.8 Å². The fourth-order valence-electron chi connectivity index (χ4n) is 1.56. The monoisotopic (exact) mass is 251 g/mol. The number of carbonyl (C=O) groups is 1. The maximum atomic E-state index is 13.4. The molecule has 1 aromatic carbocycles. The lowest BCUT2D eigenvalue weighted by Gasteiger charge is -2.01. The van der Waals surface area contributed by atoms with Gasteiger partial charge < -0.3 is 10.2 Å². The summed E-state index contributed by atoms with van der Waals surface area (Å²) in [4.78, 5) is 11.8. The molecule has 18 heavy (non-hydrogen) atoms. The second kappa shape index (κ2) is 5.10. The summed E-state index contributed by atoms with van der Waals surface area (Å²) in [6, 6.07) is 6.19. The largest absolute Gasteiger partial charge is 0.457 e. The molecule has 2 N–H and O–H groups in total. The van der Waals surface area contributed by atoms with Crippen molar-refractivity contribution in [2.24, 2.45) is 5.73 Å².